The van der Waals surface area contributed by atoms with Crippen molar-refractivity contribution in [2.75, 3.05) is 54.7 Å². The molecule has 2 aromatic heterocycles. The van der Waals surface area contributed by atoms with Crippen LogP contribution in [0.1, 0.15) is 0 Å². The summed E-state index contributed by atoms with van der Waals surface area (Å²) in [6, 6.07) is 23.0. The van der Waals surface area contributed by atoms with E-state index >= 15 is 0 Å². The van der Waals surface area contributed by atoms with Gasteiger partial charge in [-0.1, -0.05) is 36.0 Å². The molecule has 0 saturated carbocycles. The fourth-order valence-corrected chi connectivity index (χ4v) is 5.24. The fourth-order valence-electron chi connectivity index (χ4n) is 4.86. The minimum Gasteiger partial charge on any atom is -0.497 e. The summed E-state index contributed by atoms with van der Waals surface area (Å²) < 4.78 is 5.35. The summed E-state index contributed by atoms with van der Waals surface area (Å²) in [6.45, 7) is 3.64. The summed E-state index contributed by atoms with van der Waals surface area (Å²) in [5.41, 5.74) is 2.26. The van der Waals surface area contributed by atoms with Crippen LogP contribution in [0.5, 0.6) is 5.75 Å². The molecule has 0 spiro atoms. The van der Waals surface area contributed by atoms with Crippen molar-refractivity contribution in [1.29, 1.82) is 0 Å². The number of anilines is 4. The van der Waals surface area contributed by atoms with Crippen molar-refractivity contribution < 1.29 is 4.74 Å². The molecule has 1 saturated heterocycles. The molecule has 0 atom stereocenters. The highest BCUT2D eigenvalue weighted by Gasteiger charge is 2.21. The third kappa shape index (κ3) is 4.84. The number of rotatable bonds is 6. The van der Waals surface area contributed by atoms with Crippen LogP contribution in [0, 0.1) is 0 Å². The Balaban J connectivity index is 1.21. The molecule has 0 bridgehead atoms. The van der Waals surface area contributed by atoms with Crippen LogP contribution in [0.3, 0.4) is 0 Å². The van der Waals surface area contributed by atoms with E-state index in [9.17, 15) is 0 Å². The van der Waals surface area contributed by atoms with Gasteiger partial charge in [0.1, 0.15) is 17.4 Å². The average Bonchev–Trinajstić information content (AvgIpc) is 2.96. The minimum absolute atomic E-state index is 0.759. The van der Waals surface area contributed by atoms with Crippen LogP contribution in [0.4, 0.5) is 23.0 Å². The molecule has 1 aliphatic rings. The van der Waals surface area contributed by atoms with E-state index in [-0.39, 0.29) is 0 Å². The maximum Gasteiger partial charge on any atom is 0.191 e. The van der Waals surface area contributed by atoms with Gasteiger partial charge in [0.05, 0.1) is 7.11 Å². The molecule has 5 aromatic rings. The van der Waals surface area contributed by atoms with Crippen molar-refractivity contribution in [3.63, 3.8) is 0 Å². The van der Waals surface area contributed by atoms with Crippen LogP contribution in [-0.2, 0) is 0 Å². The summed E-state index contributed by atoms with van der Waals surface area (Å²) in [6.07, 6.45) is 5.81. The Morgan fingerprint density at radius 3 is 2.49 bits per heavy atom. The molecule has 37 heavy (non-hydrogen) atoms. The first-order valence-electron chi connectivity index (χ1n) is 12.3. The Morgan fingerprint density at radius 1 is 0.838 bits per heavy atom. The average molecular weight is 509 g/mol. The van der Waals surface area contributed by atoms with Gasteiger partial charge in [-0.2, -0.15) is 0 Å². The van der Waals surface area contributed by atoms with Gasteiger partial charge in [-0.25, -0.2) is 9.97 Å². The SMILES string of the molecule is COc1ccc2cc(Nc3cc(N4CCN(c5cccc6cnccc56)CC4)nc(SC)n3)ccc2c1. The Labute approximate surface area is 220 Å². The number of aromatic nitrogens is 3. The van der Waals surface area contributed by atoms with Gasteiger partial charge in [-0.15, -0.1) is 0 Å². The summed E-state index contributed by atoms with van der Waals surface area (Å²) in [4.78, 5) is 18.6. The Morgan fingerprint density at radius 2 is 1.65 bits per heavy atom. The van der Waals surface area contributed by atoms with Gasteiger partial charge in [0.15, 0.2) is 5.16 Å². The largest absolute Gasteiger partial charge is 0.497 e. The molecular formula is C29H28N6OS. The van der Waals surface area contributed by atoms with Crippen molar-refractivity contribution in [2.24, 2.45) is 0 Å². The van der Waals surface area contributed by atoms with Gasteiger partial charge < -0.3 is 19.9 Å². The van der Waals surface area contributed by atoms with Gasteiger partial charge >= 0.3 is 0 Å². The van der Waals surface area contributed by atoms with Crippen LogP contribution in [0.25, 0.3) is 21.5 Å². The molecule has 0 unspecified atom stereocenters. The molecule has 0 aliphatic carbocycles. The van der Waals surface area contributed by atoms with E-state index in [1.165, 1.54) is 16.5 Å². The van der Waals surface area contributed by atoms with Gasteiger partial charge in [0.25, 0.3) is 0 Å². The fraction of sp³-hybridized carbons (Fsp3) is 0.207. The molecule has 1 fully saturated rings. The number of nitrogens with zero attached hydrogens (tertiary/aromatic N) is 5. The first kappa shape index (κ1) is 23.4. The number of ether oxygens (including phenoxy) is 1. The van der Waals surface area contributed by atoms with E-state index in [2.05, 4.69) is 74.7 Å². The second-order valence-electron chi connectivity index (χ2n) is 9.00. The zero-order valence-electron chi connectivity index (χ0n) is 20.9. The molecule has 1 aliphatic heterocycles. The highest BCUT2D eigenvalue weighted by Crippen LogP contribution is 2.30. The van der Waals surface area contributed by atoms with Gasteiger partial charge in [-0.05, 0) is 53.4 Å². The van der Waals surface area contributed by atoms with Gasteiger partial charge in [0.2, 0.25) is 0 Å². The van der Waals surface area contributed by atoms with E-state index in [1.807, 2.05) is 30.8 Å². The minimum atomic E-state index is 0.759. The molecule has 6 rings (SSSR count). The van der Waals surface area contributed by atoms with E-state index in [0.717, 1.165) is 65.2 Å². The second-order valence-corrected chi connectivity index (χ2v) is 9.77. The molecule has 3 aromatic carbocycles. The molecule has 7 nitrogen and oxygen atoms in total. The summed E-state index contributed by atoms with van der Waals surface area (Å²) in [5.74, 6) is 2.61. The van der Waals surface area contributed by atoms with Crippen molar-refractivity contribution in [2.45, 2.75) is 5.16 Å². The summed E-state index contributed by atoms with van der Waals surface area (Å²) >= 11 is 1.56. The number of benzene rings is 3. The topological polar surface area (TPSA) is 66.4 Å². The van der Waals surface area contributed by atoms with Crippen molar-refractivity contribution >= 4 is 56.3 Å². The number of nitrogens with one attached hydrogen (secondary N) is 1. The number of fused-ring (bicyclic) bond motifs is 2. The maximum atomic E-state index is 5.35. The third-order valence-electron chi connectivity index (χ3n) is 6.80. The first-order valence-corrected chi connectivity index (χ1v) is 13.5. The predicted octanol–water partition coefficient (Wildman–Crippen LogP) is 5.98. The van der Waals surface area contributed by atoms with Crippen LogP contribution >= 0.6 is 11.8 Å². The number of thioether (sulfide) groups is 1. The molecule has 1 N–H and O–H groups in total. The van der Waals surface area contributed by atoms with E-state index in [1.54, 1.807) is 18.9 Å². The quantitative estimate of drug-likeness (QED) is 0.222. The van der Waals surface area contributed by atoms with Crippen molar-refractivity contribution in [1.82, 2.24) is 15.0 Å². The Kier molecular flexibility index (Phi) is 6.40. The van der Waals surface area contributed by atoms with Gasteiger partial charge in [0, 0.05) is 66.8 Å². The molecular weight excluding hydrogens is 480 g/mol. The lowest BCUT2D eigenvalue weighted by Crippen LogP contribution is -2.47. The summed E-state index contributed by atoms with van der Waals surface area (Å²) in [7, 11) is 1.69. The monoisotopic (exact) mass is 508 g/mol. The van der Waals surface area contributed by atoms with Gasteiger partial charge in [-0.3, -0.25) is 4.98 Å². The van der Waals surface area contributed by atoms with E-state index < -0.39 is 0 Å². The highest BCUT2D eigenvalue weighted by atomic mass is 32.2. The van der Waals surface area contributed by atoms with Crippen LogP contribution < -0.4 is 19.9 Å². The smallest absolute Gasteiger partial charge is 0.191 e. The van der Waals surface area contributed by atoms with Crippen LogP contribution in [-0.4, -0.2) is 54.5 Å². The van der Waals surface area contributed by atoms with Crippen molar-refractivity contribution in [3.05, 3.63) is 79.1 Å². The van der Waals surface area contributed by atoms with Crippen molar-refractivity contribution in [3.8, 4) is 5.75 Å². The zero-order valence-corrected chi connectivity index (χ0v) is 21.7. The number of hydrogen-bond acceptors (Lipinski definition) is 8. The summed E-state index contributed by atoms with van der Waals surface area (Å²) in [5, 5.41) is 8.96. The number of methoxy groups -OCH3 is 1. The number of pyridine rings is 1. The molecule has 3 heterocycles. The third-order valence-corrected chi connectivity index (χ3v) is 7.34. The number of piperazine rings is 1. The van der Waals surface area contributed by atoms with Crippen LogP contribution in [0.15, 0.2) is 84.3 Å². The lowest BCUT2D eigenvalue weighted by atomic mass is 10.1. The zero-order chi connectivity index (χ0) is 25.2. The lowest BCUT2D eigenvalue weighted by Gasteiger charge is -2.37. The first-order chi connectivity index (χ1) is 18.2. The number of hydrogen-bond donors (Lipinski definition) is 1. The van der Waals surface area contributed by atoms with E-state index in [0.29, 0.717) is 0 Å². The molecule has 8 heteroatoms. The lowest BCUT2D eigenvalue weighted by molar-refractivity contribution is 0.415. The Bertz CT molecular complexity index is 1560. The van der Waals surface area contributed by atoms with Crippen LogP contribution in [0.2, 0.25) is 0 Å². The molecule has 0 amide bonds. The standard InChI is InChI=1S/C29H28N6OS/c1-36-24-9-7-20-16-23(8-6-21(20)17-24)31-27-18-28(33-29(32-27)37-2)35-14-12-34(13-15-35)26-5-3-4-22-19-30-11-10-25(22)26/h3-11,16-19H,12-15H2,1-2H3,(H,31,32,33). The highest BCUT2D eigenvalue weighted by molar-refractivity contribution is 7.98. The second kappa shape index (κ2) is 10.1. The molecule has 186 valence electrons. The molecule has 0 radical (unpaired) electrons. The normalized spacial score (nSPS) is 13.8. The predicted molar refractivity (Wildman–Crippen MR) is 154 cm³/mol. The Hall–Kier alpha value is -4.04. The maximum absolute atomic E-state index is 5.35. The van der Waals surface area contributed by atoms with E-state index in [4.69, 9.17) is 14.7 Å².